The van der Waals surface area contributed by atoms with Gasteiger partial charge in [0, 0.05) is 50.5 Å². The molecule has 0 saturated carbocycles. The number of aliphatic hydroxyl groups excluding tert-OH is 1. The number of hydrogen-bond acceptors (Lipinski definition) is 6. The van der Waals surface area contributed by atoms with Crippen LogP contribution in [0, 0.1) is 19.3 Å². The molecular formula is C23H18Cl2N2O5. The van der Waals surface area contributed by atoms with E-state index < -0.39 is 12.3 Å². The molecule has 2 aromatic carbocycles. The number of carbonyl (C=O) groups is 1. The number of carboxylic acids is 1. The van der Waals surface area contributed by atoms with Gasteiger partial charge in [-0.15, -0.1) is 0 Å². The molecule has 0 saturated heterocycles. The number of nitrogens with one attached hydrogen (secondary N) is 1. The summed E-state index contributed by atoms with van der Waals surface area (Å²) in [5.41, 5.74) is 8.74. The monoisotopic (exact) mass is 472 g/mol. The van der Waals surface area contributed by atoms with Crippen molar-refractivity contribution in [2.45, 2.75) is 20.1 Å². The highest BCUT2D eigenvalue weighted by Crippen LogP contribution is 2.47. The van der Waals surface area contributed by atoms with Crippen LogP contribution >= 0.6 is 23.2 Å². The van der Waals surface area contributed by atoms with E-state index in [0.29, 0.717) is 39.1 Å². The lowest BCUT2D eigenvalue weighted by atomic mass is 9.88. The van der Waals surface area contributed by atoms with Gasteiger partial charge in [-0.2, -0.15) is 0 Å². The summed E-state index contributed by atoms with van der Waals surface area (Å²) in [6, 6.07) is 7.86. The number of fused-ring (bicyclic) bond motifs is 2. The third kappa shape index (κ3) is 3.40. The minimum atomic E-state index is -2.01. The number of nitrogens with two attached hydrogens (primary N) is 1. The number of aliphatic hydroxyl groups is 2. The van der Waals surface area contributed by atoms with Crippen LogP contribution in [0.4, 0.5) is 5.69 Å². The van der Waals surface area contributed by atoms with Crippen LogP contribution in [0.5, 0.6) is 0 Å². The van der Waals surface area contributed by atoms with Gasteiger partial charge in [-0.1, -0.05) is 23.2 Å². The van der Waals surface area contributed by atoms with Gasteiger partial charge in [0.15, 0.2) is 6.29 Å². The molecule has 1 aliphatic heterocycles. The van der Waals surface area contributed by atoms with E-state index in [9.17, 15) is 20.1 Å². The molecule has 0 aromatic heterocycles. The third-order valence-electron chi connectivity index (χ3n) is 5.44. The van der Waals surface area contributed by atoms with Crippen molar-refractivity contribution in [3.8, 4) is 22.5 Å². The Morgan fingerprint density at radius 1 is 1.06 bits per heavy atom. The molecule has 0 fully saturated rings. The summed E-state index contributed by atoms with van der Waals surface area (Å²) in [5.74, 6) is -1.06. The van der Waals surface area contributed by atoms with Crippen molar-refractivity contribution >= 4 is 45.8 Å². The van der Waals surface area contributed by atoms with Crippen molar-refractivity contribution in [1.82, 2.24) is 0 Å². The number of rotatable bonds is 3. The van der Waals surface area contributed by atoms with Crippen molar-refractivity contribution in [3.05, 3.63) is 68.0 Å². The van der Waals surface area contributed by atoms with Crippen LogP contribution < -0.4 is 11.1 Å². The molecule has 32 heavy (non-hydrogen) atoms. The molecule has 0 amide bonds. The van der Waals surface area contributed by atoms with Crippen molar-refractivity contribution in [3.63, 3.8) is 0 Å². The summed E-state index contributed by atoms with van der Waals surface area (Å²) in [6.07, 6.45) is -2.01. The van der Waals surface area contributed by atoms with Crippen molar-refractivity contribution in [2.24, 2.45) is 0 Å². The van der Waals surface area contributed by atoms with Gasteiger partial charge >= 0.3 is 5.97 Å². The molecule has 0 bridgehead atoms. The number of halogens is 2. The lowest BCUT2D eigenvalue weighted by Gasteiger charge is -2.21. The molecule has 0 radical (unpaired) electrons. The summed E-state index contributed by atoms with van der Waals surface area (Å²) in [6.45, 7) is 3.56. The fraction of sp³-hybridized carbons (Fsp3) is 0.130. The fourth-order valence-electron chi connectivity index (χ4n) is 3.76. The molecule has 0 atom stereocenters. The highest BCUT2D eigenvalue weighted by atomic mass is 35.5. The molecule has 7 nitrogen and oxygen atoms in total. The minimum Gasteiger partial charge on any atom is -0.478 e. The summed E-state index contributed by atoms with van der Waals surface area (Å²) >= 11 is 12.8. The molecule has 4 rings (SSSR count). The second-order valence-electron chi connectivity index (χ2n) is 7.54. The molecule has 2 aliphatic rings. The summed E-state index contributed by atoms with van der Waals surface area (Å²) in [7, 11) is 0. The predicted molar refractivity (Wildman–Crippen MR) is 122 cm³/mol. The van der Waals surface area contributed by atoms with Gasteiger partial charge in [-0.25, -0.2) is 4.79 Å². The van der Waals surface area contributed by atoms with E-state index in [0.717, 1.165) is 5.56 Å². The first-order valence-corrected chi connectivity index (χ1v) is 10.2. The van der Waals surface area contributed by atoms with E-state index in [1.165, 1.54) is 12.1 Å². The molecule has 2 aromatic rings. The lowest BCUT2D eigenvalue weighted by Crippen LogP contribution is -2.09. The van der Waals surface area contributed by atoms with Crippen molar-refractivity contribution in [1.29, 1.82) is 5.41 Å². The SMILES string of the molecule is Cc1cc2c(-c3c(Cl)cc(C(O)O)c(Cl)c3C(=O)O)c3cc(C)c(=N)cc-3oc2cc1N. The molecule has 0 unspecified atom stereocenters. The Labute approximate surface area is 192 Å². The van der Waals surface area contributed by atoms with E-state index in [1.54, 1.807) is 32.0 Å². The minimum absolute atomic E-state index is 0.0363. The lowest BCUT2D eigenvalue weighted by molar-refractivity contribution is -0.0424. The van der Waals surface area contributed by atoms with E-state index in [1.807, 2.05) is 0 Å². The van der Waals surface area contributed by atoms with E-state index in [-0.39, 0.29) is 32.1 Å². The van der Waals surface area contributed by atoms with Crippen LogP contribution in [0.1, 0.15) is 33.3 Å². The van der Waals surface area contributed by atoms with Crippen LogP contribution in [0.2, 0.25) is 10.0 Å². The zero-order chi connectivity index (χ0) is 23.5. The Kier molecular flexibility index (Phi) is 5.38. The van der Waals surface area contributed by atoms with E-state index in [4.69, 9.17) is 38.8 Å². The van der Waals surface area contributed by atoms with E-state index >= 15 is 0 Å². The first-order chi connectivity index (χ1) is 15.0. The maximum atomic E-state index is 12.3. The molecule has 0 spiro atoms. The Balaban J connectivity index is 2.30. The zero-order valence-corrected chi connectivity index (χ0v) is 18.5. The Bertz CT molecular complexity index is 1460. The van der Waals surface area contributed by atoms with Gasteiger partial charge in [0.05, 0.1) is 15.9 Å². The van der Waals surface area contributed by atoms with Gasteiger partial charge in [0.1, 0.15) is 11.3 Å². The van der Waals surface area contributed by atoms with Crippen molar-refractivity contribution in [2.75, 3.05) is 5.73 Å². The molecule has 1 heterocycles. The average molecular weight is 473 g/mol. The summed E-state index contributed by atoms with van der Waals surface area (Å²) < 4.78 is 6.01. The molecule has 1 aliphatic carbocycles. The number of aromatic carboxylic acids is 1. The van der Waals surface area contributed by atoms with Crippen LogP contribution in [-0.2, 0) is 0 Å². The number of carboxylic acid groups (broad SMARTS) is 1. The molecule has 9 heteroatoms. The number of hydrogen-bond donors (Lipinski definition) is 5. The summed E-state index contributed by atoms with van der Waals surface area (Å²) in [4.78, 5) is 12.3. The first kappa shape index (κ1) is 22.1. The van der Waals surface area contributed by atoms with Gasteiger partial charge < -0.3 is 30.9 Å². The largest absolute Gasteiger partial charge is 0.478 e. The third-order valence-corrected chi connectivity index (χ3v) is 6.14. The van der Waals surface area contributed by atoms with Crippen LogP contribution in [-0.4, -0.2) is 21.3 Å². The highest BCUT2D eigenvalue weighted by Gasteiger charge is 2.29. The quantitative estimate of drug-likeness (QED) is 0.163. The number of nitrogen functional groups attached to an aromatic ring is 1. The van der Waals surface area contributed by atoms with E-state index in [2.05, 4.69) is 0 Å². The Morgan fingerprint density at radius 2 is 1.75 bits per heavy atom. The second-order valence-corrected chi connectivity index (χ2v) is 8.32. The van der Waals surface area contributed by atoms with Gasteiger partial charge in [0.25, 0.3) is 0 Å². The van der Waals surface area contributed by atoms with Gasteiger partial charge in [-0.05, 0) is 43.2 Å². The smallest absolute Gasteiger partial charge is 0.337 e. The highest BCUT2D eigenvalue weighted by molar-refractivity contribution is 6.39. The Morgan fingerprint density at radius 3 is 2.38 bits per heavy atom. The van der Waals surface area contributed by atoms with Crippen LogP contribution in [0.25, 0.3) is 33.4 Å². The predicted octanol–water partition coefficient (Wildman–Crippen LogP) is 4.87. The maximum Gasteiger partial charge on any atom is 0.337 e. The number of anilines is 1. The van der Waals surface area contributed by atoms with Gasteiger partial charge in [0.2, 0.25) is 0 Å². The molecule has 6 N–H and O–H groups in total. The molecule has 164 valence electrons. The fourth-order valence-corrected chi connectivity index (χ4v) is 4.40. The topological polar surface area (TPSA) is 141 Å². The second kappa shape index (κ2) is 7.79. The van der Waals surface area contributed by atoms with Crippen molar-refractivity contribution < 1.29 is 24.5 Å². The number of benzene rings is 3. The average Bonchev–Trinajstić information content (AvgIpc) is 2.70. The normalized spacial score (nSPS) is 11.6. The van der Waals surface area contributed by atoms with Gasteiger partial charge in [-0.3, -0.25) is 0 Å². The standard InChI is InChI=1S/C23H18Cl2N2O5/c1-8-3-10-16(6-14(8)26)32-17-7-15(27)9(2)4-11(17)18(10)19-13(24)5-12(22(28)29)21(25)20(19)23(30)31/h3-7,22,26,28-29H,27H2,1-2H3,(H,30,31). The number of aryl methyl sites for hydroxylation is 2. The Hall–Kier alpha value is -3.10. The summed E-state index contributed by atoms with van der Waals surface area (Å²) in [5, 5.41) is 37.8. The van der Waals surface area contributed by atoms with Crippen LogP contribution in [0.15, 0.2) is 34.7 Å². The molecular weight excluding hydrogens is 455 g/mol. The first-order valence-electron chi connectivity index (χ1n) is 9.44. The van der Waals surface area contributed by atoms with Crippen LogP contribution in [0.3, 0.4) is 0 Å². The maximum absolute atomic E-state index is 12.3. The zero-order valence-electron chi connectivity index (χ0n) is 17.0.